The number of aryl methyl sites for hydroxylation is 1. The van der Waals surface area contributed by atoms with Crippen LogP contribution in [0, 0.1) is 0 Å². The fourth-order valence-corrected chi connectivity index (χ4v) is 1.69. The summed E-state index contributed by atoms with van der Waals surface area (Å²) in [6, 6.07) is 0. The highest BCUT2D eigenvalue weighted by molar-refractivity contribution is 5.15. The van der Waals surface area contributed by atoms with Gasteiger partial charge in [0.15, 0.2) is 0 Å². The first-order valence-corrected chi connectivity index (χ1v) is 5.31. The lowest BCUT2D eigenvalue weighted by Crippen LogP contribution is -1.98. The summed E-state index contributed by atoms with van der Waals surface area (Å²) in [6.45, 7) is 6.67. The summed E-state index contributed by atoms with van der Waals surface area (Å²) in [4.78, 5) is 7.59. The van der Waals surface area contributed by atoms with Crippen molar-refractivity contribution in [2.45, 2.75) is 52.4 Å². The van der Waals surface area contributed by atoms with E-state index in [0.717, 1.165) is 6.42 Å². The molecule has 1 aromatic rings. The number of hydrogen-bond acceptors (Lipinski definition) is 1. The van der Waals surface area contributed by atoms with Crippen molar-refractivity contribution in [3.05, 3.63) is 17.7 Å². The Morgan fingerprint density at radius 3 is 2.85 bits per heavy atom. The molecule has 2 nitrogen and oxygen atoms in total. The monoisotopic (exact) mass is 180 g/mol. The van der Waals surface area contributed by atoms with E-state index in [0.29, 0.717) is 5.92 Å². The van der Waals surface area contributed by atoms with Gasteiger partial charge in [-0.1, -0.05) is 33.6 Å². The van der Waals surface area contributed by atoms with Crippen LogP contribution < -0.4 is 0 Å². The van der Waals surface area contributed by atoms with Gasteiger partial charge in [0.25, 0.3) is 0 Å². The molecule has 1 aromatic heterocycles. The molecule has 0 radical (unpaired) electrons. The summed E-state index contributed by atoms with van der Waals surface area (Å²) >= 11 is 0. The van der Waals surface area contributed by atoms with Gasteiger partial charge in [0.05, 0.1) is 12.0 Å². The minimum absolute atomic E-state index is 0.612. The average molecular weight is 180 g/mol. The third-order valence-corrected chi connectivity index (χ3v) is 2.56. The zero-order valence-electron chi connectivity index (χ0n) is 8.93. The van der Waals surface area contributed by atoms with Gasteiger partial charge >= 0.3 is 0 Å². The van der Waals surface area contributed by atoms with E-state index in [4.69, 9.17) is 0 Å². The number of nitrogens with zero attached hydrogens (tertiary/aromatic N) is 1. The molecule has 0 bridgehead atoms. The number of rotatable bonds is 5. The molecule has 0 spiro atoms. The maximum absolute atomic E-state index is 4.38. The molecule has 1 atom stereocenters. The Morgan fingerprint density at radius 2 is 2.23 bits per heavy atom. The fraction of sp³-hybridized carbons (Fsp3) is 0.727. The molecule has 2 heteroatoms. The minimum Gasteiger partial charge on any atom is -0.348 e. The van der Waals surface area contributed by atoms with E-state index in [2.05, 4.69) is 30.7 Å². The quantitative estimate of drug-likeness (QED) is 0.740. The number of H-pyrrole nitrogens is 1. The topological polar surface area (TPSA) is 28.7 Å². The van der Waals surface area contributed by atoms with Gasteiger partial charge in [0.2, 0.25) is 0 Å². The van der Waals surface area contributed by atoms with Crippen LogP contribution in [0.4, 0.5) is 0 Å². The molecular formula is C11H20N2. The van der Waals surface area contributed by atoms with Crippen LogP contribution in [0.3, 0.4) is 0 Å². The Morgan fingerprint density at radius 1 is 1.46 bits per heavy atom. The highest BCUT2D eigenvalue weighted by atomic mass is 14.9. The van der Waals surface area contributed by atoms with Crippen molar-refractivity contribution in [2.24, 2.45) is 0 Å². The Labute approximate surface area is 80.8 Å². The molecule has 13 heavy (non-hydrogen) atoms. The van der Waals surface area contributed by atoms with Crippen molar-refractivity contribution in [3.8, 4) is 0 Å². The molecule has 0 aromatic carbocycles. The molecule has 1 heterocycles. The Hall–Kier alpha value is -0.790. The summed E-state index contributed by atoms with van der Waals surface area (Å²) in [7, 11) is 0. The van der Waals surface area contributed by atoms with Crippen molar-refractivity contribution in [1.29, 1.82) is 0 Å². The molecule has 0 aliphatic heterocycles. The highest BCUT2D eigenvalue weighted by Crippen LogP contribution is 2.22. The van der Waals surface area contributed by atoms with Crippen LogP contribution in [0.25, 0.3) is 0 Å². The first-order valence-electron chi connectivity index (χ1n) is 5.31. The number of imidazole rings is 1. The van der Waals surface area contributed by atoms with Gasteiger partial charge in [-0.05, 0) is 12.8 Å². The number of hydrogen-bond donors (Lipinski definition) is 1. The zero-order chi connectivity index (χ0) is 9.68. The van der Waals surface area contributed by atoms with Gasteiger partial charge < -0.3 is 4.98 Å². The molecule has 0 aliphatic carbocycles. The lowest BCUT2D eigenvalue weighted by atomic mass is 9.99. The Bertz CT molecular complexity index is 240. The van der Waals surface area contributed by atoms with E-state index in [1.807, 2.05) is 6.33 Å². The van der Waals surface area contributed by atoms with Crippen molar-refractivity contribution >= 4 is 0 Å². The number of nitrogens with one attached hydrogen (secondary N) is 1. The Balaban J connectivity index is 2.59. The highest BCUT2D eigenvalue weighted by Gasteiger charge is 2.11. The van der Waals surface area contributed by atoms with E-state index in [1.165, 1.54) is 30.7 Å². The maximum Gasteiger partial charge on any atom is 0.0925 e. The van der Waals surface area contributed by atoms with E-state index >= 15 is 0 Å². The normalized spacial score (nSPS) is 13.2. The molecule has 0 amide bonds. The lowest BCUT2D eigenvalue weighted by Gasteiger charge is -2.09. The van der Waals surface area contributed by atoms with Gasteiger partial charge in [-0.25, -0.2) is 4.98 Å². The van der Waals surface area contributed by atoms with Crippen LogP contribution in [0.1, 0.15) is 57.3 Å². The molecule has 1 N–H and O–H groups in total. The van der Waals surface area contributed by atoms with Crippen LogP contribution >= 0.6 is 0 Å². The predicted molar refractivity (Wildman–Crippen MR) is 55.9 cm³/mol. The second-order valence-electron chi connectivity index (χ2n) is 3.66. The Kier molecular flexibility index (Phi) is 4.00. The van der Waals surface area contributed by atoms with Crippen LogP contribution in [0.15, 0.2) is 6.33 Å². The first-order chi connectivity index (χ1) is 6.29. The van der Waals surface area contributed by atoms with Gasteiger partial charge in [0.1, 0.15) is 0 Å². The molecule has 0 aliphatic rings. The second-order valence-corrected chi connectivity index (χ2v) is 3.66. The van der Waals surface area contributed by atoms with Gasteiger partial charge in [-0.3, -0.25) is 0 Å². The standard InChI is InChI=1S/C11H20N2/c1-4-6-7-9(3)11-10(5-2)12-8-13-11/h8-9H,4-7H2,1-3H3,(H,12,13). The van der Waals surface area contributed by atoms with E-state index in [-0.39, 0.29) is 0 Å². The summed E-state index contributed by atoms with van der Waals surface area (Å²) in [6.07, 6.45) is 6.71. The summed E-state index contributed by atoms with van der Waals surface area (Å²) in [5.74, 6) is 0.612. The van der Waals surface area contributed by atoms with Crippen molar-refractivity contribution < 1.29 is 0 Å². The van der Waals surface area contributed by atoms with Crippen LogP contribution in [-0.2, 0) is 6.42 Å². The second kappa shape index (κ2) is 5.05. The summed E-state index contributed by atoms with van der Waals surface area (Å²) < 4.78 is 0. The fourth-order valence-electron chi connectivity index (χ4n) is 1.69. The third-order valence-electron chi connectivity index (χ3n) is 2.56. The largest absolute Gasteiger partial charge is 0.348 e. The molecule has 74 valence electrons. The number of aromatic amines is 1. The number of unbranched alkanes of at least 4 members (excludes halogenated alkanes) is 1. The average Bonchev–Trinajstić information content (AvgIpc) is 2.61. The first kappa shape index (κ1) is 10.3. The molecule has 1 unspecified atom stereocenters. The third kappa shape index (κ3) is 2.58. The zero-order valence-corrected chi connectivity index (χ0v) is 8.93. The summed E-state index contributed by atoms with van der Waals surface area (Å²) in [5, 5.41) is 0. The van der Waals surface area contributed by atoms with Crippen molar-refractivity contribution in [3.63, 3.8) is 0 Å². The van der Waals surface area contributed by atoms with Gasteiger partial charge in [-0.15, -0.1) is 0 Å². The van der Waals surface area contributed by atoms with E-state index in [9.17, 15) is 0 Å². The molecule has 0 saturated carbocycles. The number of aromatic nitrogens is 2. The SMILES string of the molecule is CCCCC(C)c1nc[nH]c1CC. The van der Waals surface area contributed by atoms with E-state index in [1.54, 1.807) is 0 Å². The molecular weight excluding hydrogens is 160 g/mol. The maximum atomic E-state index is 4.38. The molecule has 1 rings (SSSR count). The van der Waals surface area contributed by atoms with Crippen LogP contribution in [0.5, 0.6) is 0 Å². The summed E-state index contributed by atoms with van der Waals surface area (Å²) in [5.41, 5.74) is 2.58. The molecule has 0 saturated heterocycles. The van der Waals surface area contributed by atoms with Crippen LogP contribution in [-0.4, -0.2) is 9.97 Å². The van der Waals surface area contributed by atoms with Gasteiger partial charge in [0, 0.05) is 11.6 Å². The van der Waals surface area contributed by atoms with Gasteiger partial charge in [-0.2, -0.15) is 0 Å². The van der Waals surface area contributed by atoms with Crippen molar-refractivity contribution in [1.82, 2.24) is 9.97 Å². The molecule has 0 fully saturated rings. The minimum atomic E-state index is 0.612. The van der Waals surface area contributed by atoms with E-state index < -0.39 is 0 Å². The lowest BCUT2D eigenvalue weighted by molar-refractivity contribution is 0.609. The van der Waals surface area contributed by atoms with Crippen LogP contribution in [0.2, 0.25) is 0 Å². The smallest absolute Gasteiger partial charge is 0.0925 e. The van der Waals surface area contributed by atoms with Crippen molar-refractivity contribution in [2.75, 3.05) is 0 Å². The predicted octanol–water partition coefficient (Wildman–Crippen LogP) is 3.27.